The zero-order valence-corrected chi connectivity index (χ0v) is 17.5. The van der Waals surface area contributed by atoms with Crippen LogP contribution in [0, 0.1) is 0 Å². The largest absolute Gasteiger partial charge is 1.00 e. The molecule has 0 aromatic heterocycles. The molecule has 0 unspecified atom stereocenters. The van der Waals surface area contributed by atoms with Gasteiger partial charge >= 0.3 is 0 Å². The summed E-state index contributed by atoms with van der Waals surface area (Å²) in [6.07, 6.45) is 22.5. The number of quaternary nitrogens is 1. The van der Waals surface area contributed by atoms with Crippen molar-refractivity contribution in [3.8, 4) is 0 Å². The fraction of sp³-hybridized carbons (Fsp3) is 1.00. The lowest BCUT2D eigenvalue weighted by molar-refractivity contribution is -1.24. The molecule has 0 aromatic carbocycles. The summed E-state index contributed by atoms with van der Waals surface area (Å²) in [5.74, 6) is 0. The van der Waals surface area contributed by atoms with Gasteiger partial charge < -0.3 is 12.4 Å². The Morgan fingerprint density at radius 3 is 1.08 bits per heavy atom. The monoisotopic (exact) mass is 365 g/mol. The Bertz CT molecular complexity index is 214. The number of nitrogens with one attached hydrogen (secondary N) is 1. The van der Waals surface area contributed by atoms with E-state index >= 15 is 0 Å². The molecule has 24 heavy (non-hydrogen) atoms. The van der Waals surface area contributed by atoms with Crippen LogP contribution in [-0.2, 0) is 9.68 Å². The van der Waals surface area contributed by atoms with Crippen LogP contribution < -0.4 is 17.6 Å². The first-order valence-corrected chi connectivity index (χ1v) is 10.3. The first-order valence-electron chi connectivity index (χ1n) is 10.3. The Morgan fingerprint density at radius 2 is 0.792 bits per heavy atom. The fourth-order valence-corrected chi connectivity index (χ4v) is 3.10. The third-order valence-corrected chi connectivity index (χ3v) is 4.69. The topological polar surface area (TPSA) is 22.9 Å². The van der Waals surface area contributed by atoms with E-state index in [1.165, 1.54) is 103 Å². The molecule has 3 nitrogen and oxygen atoms in total. The van der Waals surface area contributed by atoms with E-state index in [-0.39, 0.29) is 12.4 Å². The van der Waals surface area contributed by atoms with Crippen molar-refractivity contribution < 1.29 is 27.3 Å². The summed E-state index contributed by atoms with van der Waals surface area (Å²) in [5.41, 5.74) is 0. The van der Waals surface area contributed by atoms with Crippen LogP contribution in [0.4, 0.5) is 0 Å². The summed E-state index contributed by atoms with van der Waals surface area (Å²) < 4.78 is 0. The van der Waals surface area contributed by atoms with Gasteiger partial charge in [0.25, 0.3) is 0 Å². The molecule has 0 amide bonds. The number of hydrogen-bond donors (Lipinski definition) is 1. The second-order valence-corrected chi connectivity index (χ2v) is 6.83. The predicted octanol–water partition coefficient (Wildman–Crippen LogP) is 2.26. The van der Waals surface area contributed by atoms with Gasteiger partial charge in [-0.2, -0.15) is 9.68 Å². The van der Waals surface area contributed by atoms with Gasteiger partial charge in [0.15, 0.2) is 0 Å². The Labute approximate surface area is 158 Å². The zero-order valence-electron chi connectivity index (χ0n) is 16.7. The normalized spacial score (nSPS) is 11.0. The highest BCUT2D eigenvalue weighted by Crippen LogP contribution is 2.13. The molecule has 1 N–H and O–H groups in total. The van der Waals surface area contributed by atoms with Crippen LogP contribution in [0.2, 0.25) is 0 Å². The molecule has 0 aliphatic heterocycles. The summed E-state index contributed by atoms with van der Waals surface area (Å²) >= 11 is 0. The van der Waals surface area contributed by atoms with Gasteiger partial charge in [-0.15, -0.1) is 0 Å². The van der Waals surface area contributed by atoms with Crippen molar-refractivity contribution in [3.63, 3.8) is 0 Å². The van der Waals surface area contributed by atoms with Crippen LogP contribution in [0.25, 0.3) is 0 Å². The van der Waals surface area contributed by atoms with Gasteiger partial charge in [0.2, 0.25) is 0 Å². The smallest absolute Gasteiger partial charge is 0.140 e. The second kappa shape index (κ2) is 23.2. The molecule has 0 bridgehead atoms. The summed E-state index contributed by atoms with van der Waals surface area (Å²) in [6.45, 7) is 3.24. The Hall–Kier alpha value is 0.170. The van der Waals surface area contributed by atoms with Crippen molar-refractivity contribution in [2.75, 3.05) is 20.8 Å². The van der Waals surface area contributed by atoms with E-state index in [1.54, 1.807) is 14.2 Å². The van der Waals surface area contributed by atoms with Crippen LogP contribution in [-0.4, -0.2) is 20.8 Å². The molecule has 0 spiro atoms. The third-order valence-electron chi connectivity index (χ3n) is 4.69. The Kier molecular flexibility index (Phi) is 25.5. The molecule has 4 heteroatoms. The molecule has 0 fully saturated rings. The quantitative estimate of drug-likeness (QED) is 0.280. The number of hydrogen-bond acceptors (Lipinski definition) is 2. The van der Waals surface area contributed by atoms with E-state index in [0.29, 0.717) is 0 Å². The second-order valence-electron chi connectivity index (χ2n) is 6.83. The van der Waals surface area contributed by atoms with Crippen LogP contribution >= 0.6 is 0 Å². The first kappa shape index (κ1) is 26.4. The van der Waals surface area contributed by atoms with Crippen molar-refractivity contribution in [3.05, 3.63) is 0 Å². The number of unbranched alkanes of at least 4 members (excludes halogenated alkanes) is 15. The van der Waals surface area contributed by atoms with Crippen LogP contribution in [0.1, 0.15) is 110 Å². The minimum atomic E-state index is 0. The molecule has 0 aliphatic rings. The van der Waals surface area contributed by atoms with Crippen molar-refractivity contribution in [2.45, 2.75) is 110 Å². The lowest BCUT2D eigenvalue weighted by Crippen LogP contribution is -3.09. The lowest BCUT2D eigenvalue weighted by atomic mass is 10.0. The van der Waals surface area contributed by atoms with Gasteiger partial charge in [-0.25, -0.2) is 0 Å². The van der Waals surface area contributed by atoms with E-state index in [9.17, 15) is 0 Å². The molecular formula is C20H44ClNO2. The van der Waals surface area contributed by atoms with Crippen LogP contribution in [0.5, 0.6) is 0 Å². The Balaban J connectivity index is 0. The molecule has 0 atom stereocenters. The lowest BCUT2D eigenvalue weighted by Gasteiger charge is -2.10. The molecule has 0 saturated carbocycles. The summed E-state index contributed by atoms with van der Waals surface area (Å²) in [6, 6.07) is 0. The number of halogens is 1. The highest BCUT2D eigenvalue weighted by molar-refractivity contribution is 4.49. The summed E-state index contributed by atoms with van der Waals surface area (Å²) in [4.78, 5) is 10.2. The van der Waals surface area contributed by atoms with E-state index < -0.39 is 0 Å². The highest BCUT2D eigenvalue weighted by atomic mass is 35.5. The molecule has 0 heterocycles. The molecular weight excluding hydrogens is 322 g/mol. The maximum Gasteiger partial charge on any atom is 0.140 e. The third kappa shape index (κ3) is 20.2. The van der Waals surface area contributed by atoms with Gasteiger partial charge in [0.05, 0.1) is 14.2 Å². The molecule has 0 saturated heterocycles. The molecule has 0 aromatic rings. The van der Waals surface area contributed by atoms with Crippen molar-refractivity contribution in [2.24, 2.45) is 0 Å². The maximum absolute atomic E-state index is 5.12. The van der Waals surface area contributed by atoms with Crippen molar-refractivity contribution in [1.82, 2.24) is 0 Å². The summed E-state index contributed by atoms with van der Waals surface area (Å²) in [5, 5.41) is 0.773. The van der Waals surface area contributed by atoms with E-state index in [4.69, 9.17) is 9.68 Å². The predicted molar refractivity (Wildman–Crippen MR) is 99.4 cm³/mol. The van der Waals surface area contributed by atoms with Gasteiger partial charge in [-0.3, -0.25) is 0 Å². The molecule has 0 aliphatic carbocycles. The van der Waals surface area contributed by atoms with E-state index in [0.717, 1.165) is 11.8 Å². The van der Waals surface area contributed by atoms with Crippen molar-refractivity contribution >= 4 is 0 Å². The standard InChI is InChI=1S/C20H43NO2.ClH/c1-4-5-6-7-8-9-10-11-12-13-14-15-16-17-18-19-20-21(22-2)23-3;/h4-20H2,1-3H3;1H. The van der Waals surface area contributed by atoms with Crippen LogP contribution in [0.3, 0.4) is 0 Å². The number of rotatable bonds is 19. The Morgan fingerprint density at radius 1 is 0.500 bits per heavy atom. The minimum Gasteiger partial charge on any atom is -1.00 e. The average molecular weight is 366 g/mol. The first-order chi connectivity index (χ1) is 11.3. The van der Waals surface area contributed by atoms with Crippen LogP contribution in [0.15, 0.2) is 0 Å². The van der Waals surface area contributed by atoms with Crippen molar-refractivity contribution in [1.29, 1.82) is 0 Å². The zero-order chi connectivity index (χ0) is 17.0. The fourth-order valence-electron chi connectivity index (χ4n) is 3.10. The van der Waals surface area contributed by atoms with Gasteiger partial charge in [0.1, 0.15) is 6.54 Å². The SMILES string of the molecule is CCCCCCCCCCCCCCCCCC[NH+](OC)OC.[Cl-]. The molecule has 0 rings (SSSR count). The maximum atomic E-state index is 5.12. The summed E-state index contributed by atoms with van der Waals surface area (Å²) in [7, 11) is 3.37. The minimum absolute atomic E-state index is 0. The number of hydroxylamine groups is 2. The van der Waals surface area contributed by atoms with Gasteiger partial charge in [-0.1, -0.05) is 102 Å². The van der Waals surface area contributed by atoms with Gasteiger partial charge in [-0.05, 0) is 6.42 Å². The average Bonchev–Trinajstić information content (AvgIpc) is 2.58. The highest BCUT2D eigenvalue weighted by Gasteiger charge is 2.04. The van der Waals surface area contributed by atoms with E-state index in [2.05, 4.69) is 6.92 Å². The van der Waals surface area contributed by atoms with Gasteiger partial charge in [0, 0.05) is 6.42 Å². The molecule has 148 valence electrons. The van der Waals surface area contributed by atoms with E-state index in [1.807, 2.05) is 0 Å². The molecule has 0 radical (unpaired) electrons.